The van der Waals surface area contributed by atoms with E-state index in [1.165, 1.54) is 24.1 Å². The zero-order chi connectivity index (χ0) is 31.1. The van der Waals surface area contributed by atoms with Crippen molar-refractivity contribution in [1.29, 1.82) is 0 Å². The topological polar surface area (TPSA) is 86.8 Å². The summed E-state index contributed by atoms with van der Waals surface area (Å²) in [4.78, 5) is 29.2. The van der Waals surface area contributed by atoms with Crippen molar-refractivity contribution in [3.63, 3.8) is 0 Å². The molecule has 0 aliphatic carbocycles. The van der Waals surface area contributed by atoms with E-state index in [-0.39, 0.29) is 29.5 Å². The number of halogens is 2. The van der Waals surface area contributed by atoms with Gasteiger partial charge in [-0.25, -0.2) is 8.42 Å². The monoisotopic (exact) mass is 681 g/mol. The first-order valence-electron chi connectivity index (χ1n) is 13.6. The molecule has 0 saturated heterocycles. The van der Waals surface area contributed by atoms with Crippen LogP contribution in [0.2, 0.25) is 5.02 Å². The Morgan fingerprint density at radius 2 is 1.53 bits per heavy atom. The number of rotatable bonds is 11. The molecule has 0 aliphatic heterocycles. The van der Waals surface area contributed by atoms with Crippen LogP contribution in [0.5, 0.6) is 0 Å². The fourth-order valence-electron chi connectivity index (χ4n) is 4.77. The van der Waals surface area contributed by atoms with Crippen molar-refractivity contribution in [2.45, 2.75) is 37.8 Å². The van der Waals surface area contributed by atoms with Crippen molar-refractivity contribution >= 4 is 55.1 Å². The third-order valence-corrected chi connectivity index (χ3v) is 9.83. The van der Waals surface area contributed by atoms with E-state index in [9.17, 15) is 18.0 Å². The Morgan fingerprint density at radius 1 is 0.884 bits per heavy atom. The van der Waals surface area contributed by atoms with Crippen LogP contribution in [-0.2, 0) is 32.6 Å². The molecule has 0 bridgehead atoms. The van der Waals surface area contributed by atoms with Crippen molar-refractivity contribution in [2.24, 2.45) is 0 Å². The number of carbonyl (C=O) groups is 2. The SMILES string of the molecule is CNC(=O)C(Cc1ccccc1)N(Cc1cccc(Br)c1)C(=O)CN(c1cccc(Cl)c1C)S(=O)(=O)c1ccc(C)cc1. The fourth-order valence-corrected chi connectivity index (χ4v) is 6.86. The maximum atomic E-state index is 14.4. The lowest BCUT2D eigenvalue weighted by molar-refractivity contribution is -0.139. The summed E-state index contributed by atoms with van der Waals surface area (Å²) in [6.07, 6.45) is 0.237. The van der Waals surface area contributed by atoms with Crippen LogP contribution in [-0.4, -0.2) is 44.8 Å². The second-order valence-corrected chi connectivity index (χ2v) is 13.4. The van der Waals surface area contributed by atoms with Gasteiger partial charge in [0, 0.05) is 29.5 Å². The Hall–Kier alpha value is -3.66. The molecule has 0 radical (unpaired) electrons. The maximum absolute atomic E-state index is 14.4. The van der Waals surface area contributed by atoms with E-state index in [1.54, 1.807) is 37.3 Å². The Balaban J connectivity index is 1.82. The van der Waals surface area contributed by atoms with Crippen molar-refractivity contribution in [2.75, 3.05) is 17.9 Å². The summed E-state index contributed by atoms with van der Waals surface area (Å²) in [6.45, 7) is 3.11. The number of likely N-dealkylation sites (N-methyl/N-ethyl adjacent to an activating group) is 1. The highest BCUT2D eigenvalue weighted by atomic mass is 79.9. The highest BCUT2D eigenvalue weighted by Gasteiger charge is 2.35. The van der Waals surface area contributed by atoms with Gasteiger partial charge >= 0.3 is 0 Å². The Kier molecular flexibility index (Phi) is 10.7. The standard InChI is InChI=1S/C33H33BrClN3O4S/c1-23-15-17-28(18-16-23)43(41,42)38(30-14-8-13-29(35)24(30)2)22-32(39)37(21-26-11-7-12-27(34)19-26)31(33(40)36-3)20-25-9-5-4-6-10-25/h4-19,31H,20-22H2,1-3H3,(H,36,40). The second-order valence-electron chi connectivity index (χ2n) is 10.2. The Labute approximate surface area is 266 Å². The van der Waals surface area contributed by atoms with Crippen molar-refractivity contribution < 1.29 is 18.0 Å². The second kappa shape index (κ2) is 14.2. The van der Waals surface area contributed by atoms with Crippen LogP contribution >= 0.6 is 27.5 Å². The largest absolute Gasteiger partial charge is 0.357 e. The molecule has 0 spiro atoms. The first-order chi connectivity index (χ1) is 20.5. The van der Waals surface area contributed by atoms with E-state index >= 15 is 0 Å². The Bertz CT molecular complexity index is 1700. The molecule has 1 atom stereocenters. The van der Waals surface area contributed by atoms with E-state index in [0.29, 0.717) is 10.6 Å². The number of carbonyl (C=O) groups excluding carboxylic acids is 2. The highest BCUT2D eigenvalue weighted by Crippen LogP contribution is 2.31. The van der Waals surface area contributed by atoms with E-state index in [2.05, 4.69) is 21.2 Å². The number of benzene rings is 4. The average molecular weight is 683 g/mol. The molecular weight excluding hydrogens is 650 g/mol. The van der Waals surface area contributed by atoms with Gasteiger partial charge in [0.1, 0.15) is 12.6 Å². The third kappa shape index (κ3) is 7.84. The molecule has 224 valence electrons. The normalized spacial score (nSPS) is 11.9. The first-order valence-corrected chi connectivity index (χ1v) is 16.3. The lowest BCUT2D eigenvalue weighted by Gasteiger charge is -2.34. The van der Waals surface area contributed by atoms with Crippen LogP contribution in [0.1, 0.15) is 22.3 Å². The number of nitrogens with zero attached hydrogens (tertiary/aromatic N) is 2. The van der Waals surface area contributed by atoms with Crippen molar-refractivity contribution in [3.05, 3.63) is 129 Å². The summed E-state index contributed by atoms with van der Waals surface area (Å²) < 4.78 is 30.2. The molecule has 2 amide bonds. The molecular formula is C33H33BrClN3O4S. The van der Waals surface area contributed by atoms with E-state index in [4.69, 9.17) is 11.6 Å². The molecule has 1 unspecified atom stereocenters. The summed E-state index contributed by atoms with van der Waals surface area (Å²) >= 11 is 9.91. The van der Waals surface area contributed by atoms with Gasteiger partial charge in [-0.1, -0.05) is 93.8 Å². The molecule has 1 N–H and O–H groups in total. The smallest absolute Gasteiger partial charge is 0.264 e. The van der Waals surface area contributed by atoms with E-state index in [0.717, 1.165) is 25.5 Å². The summed E-state index contributed by atoms with van der Waals surface area (Å²) in [7, 11) is -2.69. The van der Waals surface area contributed by atoms with Gasteiger partial charge in [-0.3, -0.25) is 13.9 Å². The van der Waals surface area contributed by atoms with Crippen LogP contribution in [0.15, 0.2) is 106 Å². The number of anilines is 1. The molecule has 0 aliphatic rings. The Morgan fingerprint density at radius 3 is 2.19 bits per heavy atom. The molecule has 43 heavy (non-hydrogen) atoms. The number of nitrogens with one attached hydrogen (secondary N) is 1. The van der Waals surface area contributed by atoms with E-state index in [1.807, 2.05) is 61.5 Å². The van der Waals surface area contributed by atoms with Crippen LogP contribution in [0.3, 0.4) is 0 Å². The zero-order valence-corrected chi connectivity index (χ0v) is 27.3. The summed E-state index contributed by atoms with van der Waals surface area (Å²) in [5.41, 5.74) is 3.33. The van der Waals surface area contributed by atoms with Crippen LogP contribution in [0, 0.1) is 13.8 Å². The summed E-state index contributed by atoms with van der Waals surface area (Å²) in [5.74, 6) is -0.904. The quantitative estimate of drug-likeness (QED) is 0.201. The van der Waals surface area contributed by atoms with Crippen LogP contribution < -0.4 is 9.62 Å². The highest BCUT2D eigenvalue weighted by molar-refractivity contribution is 9.10. The minimum Gasteiger partial charge on any atom is -0.357 e. The molecule has 0 heterocycles. The van der Waals surface area contributed by atoms with Gasteiger partial charge in [0.25, 0.3) is 10.0 Å². The number of hydrogen-bond donors (Lipinski definition) is 1. The number of aryl methyl sites for hydroxylation is 1. The fraction of sp³-hybridized carbons (Fsp3) is 0.212. The maximum Gasteiger partial charge on any atom is 0.264 e. The molecule has 4 aromatic carbocycles. The molecule has 7 nitrogen and oxygen atoms in total. The average Bonchev–Trinajstić information content (AvgIpc) is 2.99. The molecule has 10 heteroatoms. The molecule has 0 aromatic heterocycles. The number of amides is 2. The predicted octanol–water partition coefficient (Wildman–Crippen LogP) is 6.30. The lowest BCUT2D eigenvalue weighted by atomic mass is 10.0. The summed E-state index contributed by atoms with van der Waals surface area (Å²) in [5, 5.41) is 3.06. The first kappa shape index (κ1) is 32.3. The van der Waals surface area contributed by atoms with Gasteiger partial charge in [0.05, 0.1) is 10.6 Å². The van der Waals surface area contributed by atoms with Gasteiger partial charge in [-0.05, 0) is 66.9 Å². The van der Waals surface area contributed by atoms with Gasteiger partial charge < -0.3 is 10.2 Å². The van der Waals surface area contributed by atoms with Crippen LogP contribution in [0.25, 0.3) is 0 Å². The predicted molar refractivity (Wildman–Crippen MR) is 175 cm³/mol. The molecule has 0 fully saturated rings. The lowest BCUT2D eigenvalue weighted by Crippen LogP contribution is -2.53. The molecule has 0 saturated carbocycles. The van der Waals surface area contributed by atoms with Crippen molar-refractivity contribution in [1.82, 2.24) is 10.2 Å². The number of sulfonamides is 1. The van der Waals surface area contributed by atoms with Gasteiger partial charge in [-0.2, -0.15) is 0 Å². The minimum absolute atomic E-state index is 0.0379. The molecule has 4 aromatic rings. The molecule has 4 rings (SSSR count). The zero-order valence-electron chi connectivity index (χ0n) is 24.1. The number of hydrogen-bond acceptors (Lipinski definition) is 4. The van der Waals surface area contributed by atoms with Crippen molar-refractivity contribution in [3.8, 4) is 0 Å². The van der Waals surface area contributed by atoms with E-state index < -0.39 is 28.5 Å². The summed E-state index contributed by atoms with van der Waals surface area (Å²) in [6, 6.07) is 27.3. The minimum atomic E-state index is -4.21. The van der Waals surface area contributed by atoms with Gasteiger partial charge in [0.15, 0.2) is 0 Å². The van der Waals surface area contributed by atoms with Crippen LogP contribution in [0.4, 0.5) is 5.69 Å². The third-order valence-electron chi connectivity index (χ3n) is 7.16. The van der Waals surface area contributed by atoms with Gasteiger partial charge in [-0.15, -0.1) is 0 Å². The van der Waals surface area contributed by atoms with Gasteiger partial charge in [0.2, 0.25) is 11.8 Å².